The summed E-state index contributed by atoms with van der Waals surface area (Å²) in [7, 11) is -3.64. The number of rotatable bonds is 5. The topological polar surface area (TPSA) is 43.4 Å². The summed E-state index contributed by atoms with van der Waals surface area (Å²) in [6.45, 7) is 2.09. The van der Waals surface area contributed by atoms with Gasteiger partial charge in [0.2, 0.25) is 0 Å². The normalized spacial score (nSPS) is 18.0. The Kier molecular flexibility index (Phi) is 3.48. The number of halogens is 1. The quantitative estimate of drug-likeness (QED) is 0.612. The van der Waals surface area contributed by atoms with E-state index in [2.05, 4.69) is 0 Å². The van der Waals surface area contributed by atoms with Gasteiger partial charge in [-0.25, -0.2) is 0 Å². The maximum atomic E-state index is 11.9. The zero-order valence-corrected chi connectivity index (χ0v) is 11.2. The Labute approximate surface area is 107 Å². The van der Waals surface area contributed by atoms with Crippen LogP contribution in [0.25, 0.3) is 0 Å². The maximum absolute atomic E-state index is 11.9. The van der Waals surface area contributed by atoms with Crippen molar-refractivity contribution in [2.45, 2.75) is 24.7 Å². The highest BCUT2D eigenvalue weighted by Crippen LogP contribution is 2.47. The molecular formula is C12H15ClO3S. The van der Waals surface area contributed by atoms with Gasteiger partial charge in [-0.3, -0.25) is 4.18 Å². The highest BCUT2D eigenvalue weighted by Gasteiger charge is 2.43. The molecule has 0 aromatic heterocycles. The van der Waals surface area contributed by atoms with Crippen LogP contribution in [-0.2, 0) is 14.3 Å². The smallest absolute Gasteiger partial charge is 0.266 e. The van der Waals surface area contributed by atoms with E-state index >= 15 is 0 Å². The Balaban J connectivity index is 2.06. The van der Waals surface area contributed by atoms with Gasteiger partial charge < -0.3 is 0 Å². The summed E-state index contributed by atoms with van der Waals surface area (Å²) in [5, 5.41) is 0. The minimum absolute atomic E-state index is 0.112. The number of aryl methyl sites for hydroxylation is 1. The van der Waals surface area contributed by atoms with Gasteiger partial charge >= 0.3 is 0 Å². The highest BCUT2D eigenvalue weighted by molar-refractivity contribution is 7.86. The lowest BCUT2D eigenvalue weighted by Crippen LogP contribution is -2.16. The first-order valence-corrected chi connectivity index (χ1v) is 7.44. The van der Waals surface area contributed by atoms with Gasteiger partial charge in [-0.2, -0.15) is 8.42 Å². The first-order chi connectivity index (χ1) is 7.97. The number of hydrogen-bond donors (Lipinski definition) is 0. The molecule has 0 N–H and O–H groups in total. The SMILES string of the molecule is Cc1ccc(S(=O)(=O)OCC2(CCl)CC2)cc1. The molecule has 1 aliphatic rings. The van der Waals surface area contributed by atoms with E-state index in [1.54, 1.807) is 24.3 Å². The molecule has 0 unspecified atom stereocenters. The molecule has 94 valence electrons. The van der Waals surface area contributed by atoms with Crippen LogP contribution in [0.15, 0.2) is 29.2 Å². The molecule has 0 radical (unpaired) electrons. The van der Waals surface area contributed by atoms with Crippen molar-refractivity contribution in [1.82, 2.24) is 0 Å². The van der Waals surface area contributed by atoms with Crippen LogP contribution in [0.2, 0.25) is 0 Å². The second-order valence-corrected chi connectivity index (χ2v) is 6.55. The molecule has 1 fully saturated rings. The molecule has 1 aromatic carbocycles. The summed E-state index contributed by atoms with van der Waals surface area (Å²) < 4.78 is 28.8. The minimum Gasteiger partial charge on any atom is -0.266 e. The molecule has 0 bridgehead atoms. The Morgan fingerprint density at radius 2 is 1.88 bits per heavy atom. The lowest BCUT2D eigenvalue weighted by Gasteiger charge is -2.11. The number of benzene rings is 1. The van der Waals surface area contributed by atoms with Crippen LogP contribution in [0.1, 0.15) is 18.4 Å². The number of alkyl halides is 1. The molecule has 0 saturated heterocycles. The second-order valence-electron chi connectivity index (χ2n) is 4.66. The molecule has 5 heteroatoms. The van der Waals surface area contributed by atoms with Gasteiger partial charge in [-0.05, 0) is 31.9 Å². The van der Waals surface area contributed by atoms with Gasteiger partial charge in [0.1, 0.15) is 0 Å². The van der Waals surface area contributed by atoms with Crippen molar-refractivity contribution in [1.29, 1.82) is 0 Å². The molecule has 0 heterocycles. The highest BCUT2D eigenvalue weighted by atomic mass is 35.5. The van der Waals surface area contributed by atoms with Gasteiger partial charge in [-0.15, -0.1) is 11.6 Å². The van der Waals surface area contributed by atoms with Gasteiger partial charge in [0.25, 0.3) is 10.1 Å². The van der Waals surface area contributed by atoms with Crippen molar-refractivity contribution in [3.8, 4) is 0 Å². The van der Waals surface area contributed by atoms with E-state index in [0.717, 1.165) is 18.4 Å². The largest absolute Gasteiger partial charge is 0.296 e. The first kappa shape index (κ1) is 12.9. The molecular weight excluding hydrogens is 260 g/mol. The first-order valence-electron chi connectivity index (χ1n) is 5.50. The summed E-state index contributed by atoms with van der Waals surface area (Å²) in [4.78, 5) is 0.202. The third kappa shape index (κ3) is 3.00. The van der Waals surface area contributed by atoms with Crippen LogP contribution >= 0.6 is 11.6 Å². The molecule has 2 rings (SSSR count). The van der Waals surface area contributed by atoms with E-state index < -0.39 is 10.1 Å². The van der Waals surface area contributed by atoms with E-state index in [9.17, 15) is 8.42 Å². The molecule has 1 aromatic rings. The fourth-order valence-corrected chi connectivity index (χ4v) is 2.82. The van der Waals surface area contributed by atoms with Crippen LogP contribution in [0.3, 0.4) is 0 Å². The lowest BCUT2D eigenvalue weighted by atomic mass is 10.2. The summed E-state index contributed by atoms with van der Waals surface area (Å²) in [5.41, 5.74) is 0.905. The number of hydrogen-bond acceptors (Lipinski definition) is 3. The summed E-state index contributed by atoms with van der Waals surface area (Å²) in [5.74, 6) is 0.455. The second kappa shape index (κ2) is 4.59. The van der Waals surface area contributed by atoms with Crippen molar-refractivity contribution in [2.24, 2.45) is 5.41 Å². The molecule has 0 aliphatic heterocycles. The minimum atomic E-state index is -3.64. The van der Waals surface area contributed by atoms with Crippen LogP contribution in [0.5, 0.6) is 0 Å². The van der Waals surface area contributed by atoms with Crippen molar-refractivity contribution in [2.75, 3.05) is 12.5 Å². The van der Waals surface area contributed by atoms with Gasteiger partial charge in [0.15, 0.2) is 0 Å². The molecule has 0 amide bonds. The molecule has 0 atom stereocenters. The van der Waals surface area contributed by atoms with E-state index in [-0.39, 0.29) is 16.9 Å². The van der Waals surface area contributed by atoms with Crippen LogP contribution in [0.4, 0.5) is 0 Å². The van der Waals surface area contributed by atoms with E-state index in [0.29, 0.717) is 5.88 Å². The molecule has 0 spiro atoms. The zero-order chi connectivity index (χ0) is 12.5. The van der Waals surface area contributed by atoms with E-state index in [1.165, 1.54) is 0 Å². The monoisotopic (exact) mass is 274 g/mol. The van der Waals surface area contributed by atoms with Crippen LogP contribution in [-0.4, -0.2) is 20.9 Å². The standard InChI is InChI=1S/C12H15ClO3S/c1-10-2-4-11(5-3-10)17(14,15)16-9-12(8-13)6-7-12/h2-5H,6-9H2,1H3. The third-order valence-electron chi connectivity index (χ3n) is 3.07. The fraction of sp³-hybridized carbons (Fsp3) is 0.500. The van der Waals surface area contributed by atoms with E-state index in [4.69, 9.17) is 15.8 Å². The average Bonchev–Trinajstić information content (AvgIpc) is 3.08. The fourth-order valence-electron chi connectivity index (χ4n) is 1.47. The predicted molar refractivity (Wildman–Crippen MR) is 66.7 cm³/mol. The molecule has 1 saturated carbocycles. The van der Waals surface area contributed by atoms with Crippen molar-refractivity contribution in [3.05, 3.63) is 29.8 Å². The molecule has 1 aliphatic carbocycles. The van der Waals surface area contributed by atoms with Gasteiger partial charge in [-0.1, -0.05) is 17.7 Å². The predicted octanol–water partition coefficient (Wildman–Crippen LogP) is 2.72. The average molecular weight is 275 g/mol. The summed E-state index contributed by atoms with van der Waals surface area (Å²) in [6.07, 6.45) is 1.89. The summed E-state index contributed by atoms with van der Waals surface area (Å²) in [6, 6.07) is 6.63. The van der Waals surface area contributed by atoms with E-state index in [1.807, 2.05) is 6.92 Å². The Hall–Kier alpha value is -0.580. The van der Waals surface area contributed by atoms with Crippen LogP contribution in [0, 0.1) is 12.3 Å². The van der Waals surface area contributed by atoms with Crippen LogP contribution < -0.4 is 0 Å². The van der Waals surface area contributed by atoms with Crippen molar-refractivity contribution in [3.63, 3.8) is 0 Å². The van der Waals surface area contributed by atoms with Gasteiger partial charge in [0, 0.05) is 11.3 Å². The Morgan fingerprint density at radius 1 is 1.29 bits per heavy atom. The van der Waals surface area contributed by atoms with Crippen molar-refractivity contribution >= 4 is 21.7 Å². The van der Waals surface area contributed by atoms with Gasteiger partial charge in [0.05, 0.1) is 11.5 Å². The Bertz CT molecular complexity index is 489. The lowest BCUT2D eigenvalue weighted by molar-refractivity contribution is 0.254. The third-order valence-corrected chi connectivity index (χ3v) is 4.92. The molecule has 3 nitrogen and oxygen atoms in total. The summed E-state index contributed by atoms with van der Waals surface area (Å²) >= 11 is 5.78. The van der Waals surface area contributed by atoms with Crippen molar-refractivity contribution < 1.29 is 12.6 Å². The zero-order valence-electron chi connectivity index (χ0n) is 9.65. The maximum Gasteiger partial charge on any atom is 0.296 e. The Morgan fingerprint density at radius 3 is 2.35 bits per heavy atom. The molecule has 17 heavy (non-hydrogen) atoms.